The first-order valence-corrected chi connectivity index (χ1v) is 9.89. The number of rotatable bonds is 7. The molecule has 3 rings (SSSR count). The molecule has 31 heavy (non-hydrogen) atoms. The highest BCUT2D eigenvalue weighted by atomic mass is 16.5. The molecule has 3 aromatic rings. The van der Waals surface area contributed by atoms with Crippen molar-refractivity contribution in [1.82, 2.24) is 15.4 Å². The SMILES string of the molecule is Cc1ccc(C)c(OCC(=O)NNC(=O)/C=C/c2cn(CCC#N)c3ccccc23)c1. The highest BCUT2D eigenvalue weighted by molar-refractivity contribution is 5.97. The smallest absolute Gasteiger partial charge is 0.276 e. The zero-order chi connectivity index (χ0) is 22.2. The summed E-state index contributed by atoms with van der Waals surface area (Å²) in [7, 11) is 0. The van der Waals surface area contributed by atoms with E-state index in [0.717, 1.165) is 27.6 Å². The third-order valence-electron chi connectivity index (χ3n) is 4.73. The molecule has 7 heteroatoms. The maximum absolute atomic E-state index is 12.1. The highest BCUT2D eigenvalue weighted by Crippen LogP contribution is 2.23. The van der Waals surface area contributed by atoms with E-state index in [1.54, 1.807) is 6.08 Å². The molecular weight excluding hydrogens is 392 g/mol. The number of carbonyl (C=O) groups is 2. The minimum atomic E-state index is -0.464. The van der Waals surface area contributed by atoms with Crippen molar-refractivity contribution in [3.8, 4) is 11.8 Å². The lowest BCUT2D eigenvalue weighted by Gasteiger charge is -2.10. The molecule has 2 amide bonds. The van der Waals surface area contributed by atoms with Crippen LogP contribution in [0.2, 0.25) is 0 Å². The molecule has 0 atom stereocenters. The van der Waals surface area contributed by atoms with E-state index in [1.807, 2.05) is 67.1 Å². The van der Waals surface area contributed by atoms with E-state index < -0.39 is 11.8 Å². The lowest BCUT2D eigenvalue weighted by molar-refractivity contribution is -0.128. The first-order chi connectivity index (χ1) is 15.0. The van der Waals surface area contributed by atoms with Gasteiger partial charge < -0.3 is 9.30 Å². The van der Waals surface area contributed by atoms with Crippen molar-refractivity contribution in [1.29, 1.82) is 5.26 Å². The molecule has 1 heterocycles. The molecule has 2 aromatic carbocycles. The Morgan fingerprint density at radius 2 is 1.97 bits per heavy atom. The van der Waals surface area contributed by atoms with Gasteiger partial charge in [-0.2, -0.15) is 5.26 Å². The summed E-state index contributed by atoms with van der Waals surface area (Å²) in [5, 5.41) is 9.82. The average Bonchev–Trinajstić information content (AvgIpc) is 3.13. The van der Waals surface area contributed by atoms with E-state index in [2.05, 4.69) is 16.9 Å². The molecule has 0 aliphatic heterocycles. The molecule has 158 valence electrons. The second-order valence-corrected chi connectivity index (χ2v) is 7.13. The van der Waals surface area contributed by atoms with E-state index in [4.69, 9.17) is 10.00 Å². The quantitative estimate of drug-likeness (QED) is 0.456. The van der Waals surface area contributed by atoms with Gasteiger partial charge in [-0.25, -0.2) is 0 Å². The van der Waals surface area contributed by atoms with Crippen LogP contribution in [0.15, 0.2) is 54.7 Å². The van der Waals surface area contributed by atoms with Gasteiger partial charge in [0.25, 0.3) is 11.8 Å². The summed E-state index contributed by atoms with van der Waals surface area (Å²) in [6, 6.07) is 15.7. The van der Waals surface area contributed by atoms with Gasteiger partial charge in [0, 0.05) is 35.3 Å². The molecule has 0 saturated carbocycles. The number of amides is 2. The van der Waals surface area contributed by atoms with Gasteiger partial charge >= 0.3 is 0 Å². The van der Waals surface area contributed by atoms with Crippen LogP contribution in [0.4, 0.5) is 0 Å². The molecule has 0 aliphatic carbocycles. The zero-order valence-electron chi connectivity index (χ0n) is 17.5. The summed E-state index contributed by atoms with van der Waals surface area (Å²) in [6.45, 7) is 4.21. The molecule has 0 spiro atoms. The first-order valence-electron chi connectivity index (χ1n) is 9.89. The highest BCUT2D eigenvalue weighted by Gasteiger charge is 2.08. The molecule has 0 saturated heterocycles. The summed E-state index contributed by atoms with van der Waals surface area (Å²) in [5.41, 5.74) is 8.50. The fourth-order valence-corrected chi connectivity index (χ4v) is 3.14. The lowest BCUT2D eigenvalue weighted by atomic mass is 10.1. The predicted molar refractivity (Wildman–Crippen MR) is 119 cm³/mol. The van der Waals surface area contributed by atoms with Crippen molar-refractivity contribution in [2.45, 2.75) is 26.8 Å². The Hall–Kier alpha value is -4.05. The number of benzene rings is 2. The Balaban J connectivity index is 1.55. The Kier molecular flexibility index (Phi) is 7.07. The number of nitrogens with one attached hydrogen (secondary N) is 2. The van der Waals surface area contributed by atoms with Gasteiger partial charge in [-0.15, -0.1) is 0 Å². The standard InChI is InChI=1S/C24H24N4O3/c1-17-8-9-18(2)22(14-17)31-16-24(30)27-26-23(29)11-10-19-15-28(13-5-12-25)21-7-4-3-6-20(19)21/h3-4,6-11,14-15H,5,13,16H2,1-2H3,(H,26,29)(H,27,30)/b11-10+. The maximum Gasteiger partial charge on any atom is 0.276 e. The van der Waals surface area contributed by atoms with Gasteiger partial charge in [-0.1, -0.05) is 30.3 Å². The van der Waals surface area contributed by atoms with Crippen LogP contribution in [-0.4, -0.2) is 23.0 Å². The molecular formula is C24H24N4O3. The van der Waals surface area contributed by atoms with Crippen molar-refractivity contribution < 1.29 is 14.3 Å². The van der Waals surface area contributed by atoms with Crippen molar-refractivity contribution in [2.24, 2.45) is 0 Å². The van der Waals surface area contributed by atoms with Crippen LogP contribution in [-0.2, 0) is 16.1 Å². The van der Waals surface area contributed by atoms with Gasteiger partial charge in [-0.05, 0) is 43.2 Å². The fourth-order valence-electron chi connectivity index (χ4n) is 3.14. The number of nitrogens with zero attached hydrogens (tertiary/aromatic N) is 2. The van der Waals surface area contributed by atoms with E-state index >= 15 is 0 Å². The van der Waals surface area contributed by atoms with E-state index in [9.17, 15) is 9.59 Å². The number of fused-ring (bicyclic) bond motifs is 1. The molecule has 0 aliphatic rings. The number of aromatic nitrogens is 1. The minimum Gasteiger partial charge on any atom is -0.483 e. The van der Waals surface area contributed by atoms with Crippen molar-refractivity contribution in [2.75, 3.05) is 6.61 Å². The fraction of sp³-hybridized carbons (Fsp3) is 0.208. The number of carbonyl (C=O) groups excluding carboxylic acids is 2. The van der Waals surface area contributed by atoms with Crippen molar-refractivity contribution in [3.63, 3.8) is 0 Å². The Bertz CT molecular complexity index is 1170. The number of ether oxygens (including phenoxy) is 1. The average molecular weight is 416 g/mol. The zero-order valence-corrected chi connectivity index (χ0v) is 17.5. The van der Waals surface area contributed by atoms with Gasteiger partial charge in [0.1, 0.15) is 5.75 Å². The van der Waals surface area contributed by atoms with Crippen LogP contribution in [0.1, 0.15) is 23.1 Å². The van der Waals surface area contributed by atoms with Crippen LogP contribution in [0.5, 0.6) is 5.75 Å². The third-order valence-corrected chi connectivity index (χ3v) is 4.73. The van der Waals surface area contributed by atoms with Crippen LogP contribution in [0.3, 0.4) is 0 Å². The summed E-state index contributed by atoms with van der Waals surface area (Å²) in [5.74, 6) is -0.293. The van der Waals surface area contributed by atoms with Crippen molar-refractivity contribution in [3.05, 3.63) is 71.4 Å². The number of hydrazine groups is 1. The van der Waals surface area contributed by atoms with Crippen LogP contribution < -0.4 is 15.6 Å². The summed E-state index contributed by atoms with van der Waals surface area (Å²) in [6.07, 6.45) is 5.34. The second kappa shape index (κ2) is 10.1. The summed E-state index contributed by atoms with van der Waals surface area (Å²) >= 11 is 0. The molecule has 1 aromatic heterocycles. The summed E-state index contributed by atoms with van der Waals surface area (Å²) in [4.78, 5) is 24.1. The van der Waals surface area contributed by atoms with Crippen LogP contribution >= 0.6 is 0 Å². The Labute approximate surface area is 180 Å². The predicted octanol–water partition coefficient (Wildman–Crippen LogP) is 3.41. The van der Waals surface area contributed by atoms with Gasteiger partial charge in [-0.3, -0.25) is 20.4 Å². The van der Waals surface area contributed by atoms with Gasteiger partial charge in [0.2, 0.25) is 0 Å². The molecule has 0 fully saturated rings. The second-order valence-electron chi connectivity index (χ2n) is 7.13. The largest absolute Gasteiger partial charge is 0.483 e. The summed E-state index contributed by atoms with van der Waals surface area (Å²) < 4.78 is 7.51. The van der Waals surface area contributed by atoms with Crippen LogP contribution in [0, 0.1) is 25.2 Å². The molecule has 7 nitrogen and oxygen atoms in total. The first kappa shape index (κ1) is 21.7. The lowest BCUT2D eigenvalue weighted by Crippen LogP contribution is -2.43. The topological polar surface area (TPSA) is 96.2 Å². The van der Waals surface area contributed by atoms with Crippen LogP contribution in [0.25, 0.3) is 17.0 Å². The minimum absolute atomic E-state index is 0.208. The monoisotopic (exact) mass is 416 g/mol. The number of hydrogen-bond donors (Lipinski definition) is 2. The maximum atomic E-state index is 12.1. The van der Waals surface area contributed by atoms with Gasteiger partial charge in [0.05, 0.1) is 12.5 Å². The number of para-hydroxylation sites is 1. The van der Waals surface area contributed by atoms with E-state index in [-0.39, 0.29) is 6.61 Å². The molecule has 2 N–H and O–H groups in total. The number of aryl methyl sites for hydroxylation is 3. The number of hydrogen-bond acceptors (Lipinski definition) is 4. The molecule has 0 radical (unpaired) electrons. The normalized spacial score (nSPS) is 10.7. The number of nitriles is 1. The van der Waals surface area contributed by atoms with Crippen molar-refractivity contribution >= 4 is 28.8 Å². The Morgan fingerprint density at radius 1 is 1.16 bits per heavy atom. The van der Waals surface area contributed by atoms with Gasteiger partial charge in [0.15, 0.2) is 6.61 Å². The Morgan fingerprint density at radius 3 is 2.77 bits per heavy atom. The van der Waals surface area contributed by atoms with E-state index in [1.165, 1.54) is 6.08 Å². The molecule has 0 bridgehead atoms. The third kappa shape index (κ3) is 5.73. The molecule has 0 unspecified atom stereocenters. The van der Waals surface area contributed by atoms with E-state index in [0.29, 0.717) is 18.7 Å².